The molecule has 0 unspecified atom stereocenters. The summed E-state index contributed by atoms with van der Waals surface area (Å²) < 4.78 is 0. The van der Waals surface area contributed by atoms with E-state index < -0.39 is 0 Å². The summed E-state index contributed by atoms with van der Waals surface area (Å²) in [5.41, 5.74) is 7.13. The van der Waals surface area contributed by atoms with E-state index in [1.165, 1.54) is 38.8 Å². The summed E-state index contributed by atoms with van der Waals surface area (Å²) in [5.74, 6) is 0. The van der Waals surface area contributed by atoms with Crippen LogP contribution in [0, 0.1) is 10.8 Å². The van der Waals surface area contributed by atoms with Gasteiger partial charge in [-0.1, -0.05) is 47.5 Å². The second-order valence-electron chi connectivity index (χ2n) is 6.98. The van der Waals surface area contributed by atoms with E-state index in [2.05, 4.69) is 39.5 Å². The van der Waals surface area contributed by atoms with Crippen LogP contribution < -0.4 is 5.73 Å². The van der Waals surface area contributed by atoms with E-state index in [1.807, 2.05) is 0 Å². The standard InChI is InChI=1S/C15H32N2/c1-6-15(7-2)8-10-17(11-9-15)12-13(16)14(3,4)5/h13H,6-12,16H2,1-5H3/t13-/m0/s1. The van der Waals surface area contributed by atoms with Crippen LogP contribution in [0.2, 0.25) is 0 Å². The van der Waals surface area contributed by atoms with Crippen molar-refractivity contribution in [2.45, 2.75) is 66.3 Å². The minimum absolute atomic E-state index is 0.226. The molecular formula is C15H32N2. The molecule has 0 amide bonds. The summed E-state index contributed by atoms with van der Waals surface area (Å²) in [6.45, 7) is 15.0. The zero-order valence-corrected chi connectivity index (χ0v) is 12.6. The number of nitrogens with two attached hydrogens (primary N) is 1. The van der Waals surface area contributed by atoms with Gasteiger partial charge < -0.3 is 10.6 Å². The first-order valence-corrected chi connectivity index (χ1v) is 7.31. The van der Waals surface area contributed by atoms with Gasteiger partial charge in [0.1, 0.15) is 0 Å². The van der Waals surface area contributed by atoms with Crippen LogP contribution in [0.1, 0.15) is 60.3 Å². The molecule has 1 heterocycles. The third kappa shape index (κ3) is 3.96. The van der Waals surface area contributed by atoms with Gasteiger partial charge in [-0.3, -0.25) is 0 Å². The number of hydrogen-bond donors (Lipinski definition) is 1. The number of nitrogens with zero attached hydrogens (tertiary/aromatic N) is 1. The van der Waals surface area contributed by atoms with Crippen molar-refractivity contribution in [2.75, 3.05) is 19.6 Å². The van der Waals surface area contributed by atoms with Gasteiger partial charge >= 0.3 is 0 Å². The molecule has 17 heavy (non-hydrogen) atoms. The fourth-order valence-corrected chi connectivity index (χ4v) is 2.72. The maximum absolute atomic E-state index is 6.27. The Bertz CT molecular complexity index is 216. The molecule has 0 spiro atoms. The molecule has 0 radical (unpaired) electrons. The molecule has 1 aliphatic rings. The van der Waals surface area contributed by atoms with E-state index in [0.717, 1.165) is 6.54 Å². The molecule has 2 N–H and O–H groups in total. The van der Waals surface area contributed by atoms with Crippen molar-refractivity contribution in [1.82, 2.24) is 4.90 Å². The lowest BCUT2D eigenvalue weighted by molar-refractivity contribution is 0.0812. The van der Waals surface area contributed by atoms with Gasteiger partial charge in [0.2, 0.25) is 0 Å². The molecule has 0 aliphatic carbocycles. The van der Waals surface area contributed by atoms with Gasteiger partial charge in [-0.25, -0.2) is 0 Å². The third-order valence-corrected chi connectivity index (χ3v) is 4.98. The lowest BCUT2D eigenvalue weighted by Gasteiger charge is -2.43. The smallest absolute Gasteiger partial charge is 0.0217 e. The molecule has 0 saturated carbocycles. The molecule has 102 valence electrons. The van der Waals surface area contributed by atoms with Crippen LogP contribution in [0.3, 0.4) is 0 Å². The molecular weight excluding hydrogens is 208 g/mol. The van der Waals surface area contributed by atoms with Crippen LogP contribution in [-0.4, -0.2) is 30.6 Å². The zero-order valence-electron chi connectivity index (χ0n) is 12.6. The molecule has 0 aromatic rings. The predicted molar refractivity (Wildman–Crippen MR) is 76.1 cm³/mol. The fraction of sp³-hybridized carbons (Fsp3) is 1.00. The summed E-state index contributed by atoms with van der Waals surface area (Å²) in [5, 5.41) is 0. The minimum Gasteiger partial charge on any atom is -0.326 e. The molecule has 0 aromatic carbocycles. The predicted octanol–water partition coefficient (Wildman–Crippen LogP) is 3.26. The third-order valence-electron chi connectivity index (χ3n) is 4.98. The molecule has 2 heteroatoms. The molecule has 1 atom stereocenters. The molecule has 0 bridgehead atoms. The number of hydrogen-bond acceptors (Lipinski definition) is 2. The summed E-state index contributed by atoms with van der Waals surface area (Å²) in [6, 6.07) is 0.290. The Kier molecular flexibility index (Phi) is 5.03. The Labute approximate surface area is 108 Å². The monoisotopic (exact) mass is 240 g/mol. The molecule has 1 saturated heterocycles. The van der Waals surface area contributed by atoms with Crippen molar-refractivity contribution in [1.29, 1.82) is 0 Å². The number of rotatable bonds is 4. The van der Waals surface area contributed by atoms with Crippen LogP contribution in [0.5, 0.6) is 0 Å². The SMILES string of the molecule is CCC1(CC)CCN(C[C@H](N)C(C)(C)C)CC1. The van der Waals surface area contributed by atoms with Gasteiger partial charge in [-0.2, -0.15) is 0 Å². The molecule has 1 rings (SSSR count). The lowest BCUT2D eigenvalue weighted by Crippen LogP contribution is -2.49. The van der Waals surface area contributed by atoms with Crippen LogP contribution in [0.25, 0.3) is 0 Å². The van der Waals surface area contributed by atoms with Gasteiger partial charge in [0, 0.05) is 12.6 Å². The van der Waals surface area contributed by atoms with Crippen LogP contribution >= 0.6 is 0 Å². The first-order chi connectivity index (χ1) is 7.83. The average Bonchev–Trinajstić information content (AvgIpc) is 2.29. The lowest BCUT2D eigenvalue weighted by atomic mass is 9.74. The molecule has 1 fully saturated rings. The summed E-state index contributed by atoms with van der Waals surface area (Å²) >= 11 is 0. The maximum atomic E-state index is 6.27. The van der Waals surface area contributed by atoms with Crippen LogP contribution in [-0.2, 0) is 0 Å². The maximum Gasteiger partial charge on any atom is 0.0217 e. The number of piperidine rings is 1. The van der Waals surface area contributed by atoms with Gasteiger partial charge in [0.25, 0.3) is 0 Å². The van der Waals surface area contributed by atoms with E-state index in [4.69, 9.17) is 5.73 Å². The van der Waals surface area contributed by atoms with E-state index >= 15 is 0 Å². The second-order valence-corrected chi connectivity index (χ2v) is 6.98. The van der Waals surface area contributed by atoms with Crippen molar-refractivity contribution in [3.05, 3.63) is 0 Å². The Balaban J connectivity index is 2.42. The molecule has 2 nitrogen and oxygen atoms in total. The normalized spacial score (nSPS) is 23.6. The zero-order chi connectivity index (χ0) is 13.1. The van der Waals surface area contributed by atoms with E-state index in [0.29, 0.717) is 11.5 Å². The Morgan fingerprint density at radius 1 is 1.12 bits per heavy atom. The first kappa shape index (κ1) is 15.0. The molecule has 0 aromatic heterocycles. The second kappa shape index (κ2) is 5.71. The van der Waals surface area contributed by atoms with Gasteiger partial charge in [0.15, 0.2) is 0 Å². The van der Waals surface area contributed by atoms with Crippen molar-refractivity contribution in [2.24, 2.45) is 16.6 Å². The Morgan fingerprint density at radius 2 is 1.59 bits per heavy atom. The van der Waals surface area contributed by atoms with Crippen LogP contribution in [0.15, 0.2) is 0 Å². The van der Waals surface area contributed by atoms with Gasteiger partial charge in [-0.05, 0) is 36.8 Å². The Hall–Kier alpha value is -0.0800. The van der Waals surface area contributed by atoms with Gasteiger partial charge in [-0.15, -0.1) is 0 Å². The summed E-state index contributed by atoms with van der Waals surface area (Å²) in [6.07, 6.45) is 5.39. The van der Waals surface area contributed by atoms with Crippen LogP contribution in [0.4, 0.5) is 0 Å². The number of likely N-dealkylation sites (tertiary alicyclic amines) is 1. The van der Waals surface area contributed by atoms with E-state index in [1.54, 1.807) is 0 Å². The average molecular weight is 240 g/mol. The highest BCUT2D eigenvalue weighted by molar-refractivity contribution is 4.87. The fourth-order valence-electron chi connectivity index (χ4n) is 2.72. The van der Waals surface area contributed by atoms with E-state index in [-0.39, 0.29) is 5.41 Å². The van der Waals surface area contributed by atoms with Crippen molar-refractivity contribution in [3.63, 3.8) is 0 Å². The summed E-state index contributed by atoms with van der Waals surface area (Å²) in [7, 11) is 0. The van der Waals surface area contributed by atoms with Crippen molar-refractivity contribution >= 4 is 0 Å². The Morgan fingerprint density at radius 3 is 1.94 bits per heavy atom. The first-order valence-electron chi connectivity index (χ1n) is 7.31. The molecule has 1 aliphatic heterocycles. The van der Waals surface area contributed by atoms with Gasteiger partial charge in [0.05, 0.1) is 0 Å². The summed E-state index contributed by atoms with van der Waals surface area (Å²) in [4.78, 5) is 2.57. The topological polar surface area (TPSA) is 29.3 Å². The highest BCUT2D eigenvalue weighted by atomic mass is 15.1. The van der Waals surface area contributed by atoms with Crippen molar-refractivity contribution in [3.8, 4) is 0 Å². The minimum atomic E-state index is 0.226. The quantitative estimate of drug-likeness (QED) is 0.817. The largest absolute Gasteiger partial charge is 0.326 e. The highest BCUT2D eigenvalue weighted by Crippen LogP contribution is 2.38. The van der Waals surface area contributed by atoms with E-state index in [9.17, 15) is 0 Å². The highest BCUT2D eigenvalue weighted by Gasteiger charge is 2.32. The van der Waals surface area contributed by atoms with Crippen molar-refractivity contribution < 1.29 is 0 Å².